The van der Waals surface area contributed by atoms with E-state index in [4.69, 9.17) is 0 Å². The highest BCUT2D eigenvalue weighted by Gasteiger charge is 2.28. The van der Waals surface area contributed by atoms with E-state index in [1.807, 2.05) is 42.2 Å². The topological polar surface area (TPSA) is 76.3 Å². The molecule has 1 aliphatic heterocycles. The summed E-state index contributed by atoms with van der Waals surface area (Å²) in [7, 11) is 3.69. The molecule has 0 atom stereocenters. The molecule has 1 saturated heterocycles. The highest BCUT2D eigenvalue weighted by Crippen LogP contribution is 2.25. The van der Waals surface area contributed by atoms with Gasteiger partial charge >= 0.3 is 0 Å². The number of likely N-dealkylation sites (N-methyl/N-ethyl adjacent to an activating group) is 1. The average molecular weight is 364 g/mol. The van der Waals surface area contributed by atoms with Crippen molar-refractivity contribution in [1.29, 1.82) is 0 Å². The third-order valence-electron chi connectivity index (χ3n) is 4.69. The van der Waals surface area contributed by atoms with Crippen molar-refractivity contribution in [2.24, 2.45) is 7.05 Å². The molecule has 3 aromatic heterocycles. The summed E-state index contributed by atoms with van der Waals surface area (Å²) in [5.41, 5.74) is 2.83. The zero-order valence-corrected chi connectivity index (χ0v) is 15.2. The number of piperazine rings is 1. The number of rotatable bonds is 3. The molecular weight excluding hydrogens is 344 g/mol. The van der Waals surface area contributed by atoms with Crippen LogP contribution in [0.15, 0.2) is 49.1 Å². The van der Waals surface area contributed by atoms with E-state index < -0.39 is 0 Å². The molecule has 0 N–H and O–H groups in total. The number of pyridine rings is 1. The summed E-state index contributed by atoms with van der Waals surface area (Å²) in [4.78, 5) is 32.2. The summed E-state index contributed by atoms with van der Waals surface area (Å²) in [5, 5.41) is 4.54. The molecule has 0 radical (unpaired) electrons. The zero-order valence-electron chi connectivity index (χ0n) is 15.2. The second-order valence-electron chi connectivity index (χ2n) is 6.65. The molecule has 4 rings (SSSR count). The van der Waals surface area contributed by atoms with Crippen LogP contribution in [0.2, 0.25) is 0 Å². The van der Waals surface area contributed by atoms with Crippen LogP contribution in [0.4, 0.5) is 0 Å². The van der Waals surface area contributed by atoms with Gasteiger partial charge in [-0.15, -0.1) is 0 Å². The molecule has 0 unspecified atom stereocenters. The Morgan fingerprint density at radius 3 is 2.70 bits per heavy atom. The maximum absolute atomic E-state index is 12.9. The molecular formula is C19H20N6O2. The molecule has 0 saturated carbocycles. The van der Waals surface area contributed by atoms with E-state index in [1.54, 1.807) is 40.0 Å². The van der Waals surface area contributed by atoms with E-state index >= 15 is 0 Å². The number of hydrogen-bond donors (Lipinski definition) is 0. The summed E-state index contributed by atoms with van der Waals surface area (Å²) in [6, 6.07) is 7.46. The van der Waals surface area contributed by atoms with Gasteiger partial charge in [0.25, 0.3) is 5.91 Å². The van der Waals surface area contributed by atoms with Gasteiger partial charge in [-0.05, 0) is 24.3 Å². The Morgan fingerprint density at radius 1 is 1.19 bits per heavy atom. The van der Waals surface area contributed by atoms with Crippen molar-refractivity contribution in [3.8, 4) is 16.9 Å². The van der Waals surface area contributed by atoms with Crippen molar-refractivity contribution in [3.05, 3.63) is 54.7 Å². The van der Waals surface area contributed by atoms with Crippen molar-refractivity contribution < 1.29 is 9.59 Å². The van der Waals surface area contributed by atoms with Gasteiger partial charge in [-0.25, -0.2) is 4.68 Å². The summed E-state index contributed by atoms with van der Waals surface area (Å²) < 4.78 is 3.66. The molecule has 27 heavy (non-hydrogen) atoms. The fourth-order valence-corrected chi connectivity index (χ4v) is 3.12. The van der Waals surface area contributed by atoms with Gasteiger partial charge in [0.2, 0.25) is 5.91 Å². The highest BCUT2D eigenvalue weighted by molar-refractivity contribution is 5.96. The average Bonchev–Trinajstić information content (AvgIpc) is 3.30. The number of amides is 2. The molecule has 8 nitrogen and oxygen atoms in total. The van der Waals surface area contributed by atoms with Gasteiger partial charge in [0.15, 0.2) is 5.69 Å². The van der Waals surface area contributed by atoms with Crippen LogP contribution in [0.3, 0.4) is 0 Å². The fourth-order valence-electron chi connectivity index (χ4n) is 3.12. The quantitative estimate of drug-likeness (QED) is 0.699. The second kappa shape index (κ2) is 6.71. The van der Waals surface area contributed by atoms with E-state index in [-0.39, 0.29) is 18.4 Å². The first-order chi connectivity index (χ1) is 13.0. The van der Waals surface area contributed by atoms with Crippen LogP contribution in [0.25, 0.3) is 16.9 Å². The van der Waals surface area contributed by atoms with Crippen molar-refractivity contribution in [2.75, 3.05) is 26.7 Å². The lowest BCUT2D eigenvalue weighted by Crippen LogP contribution is -2.50. The van der Waals surface area contributed by atoms with E-state index in [2.05, 4.69) is 10.1 Å². The largest absolute Gasteiger partial charge is 0.357 e. The molecule has 1 aliphatic rings. The minimum atomic E-state index is -0.240. The summed E-state index contributed by atoms with van der Waals surface area (Å²) >= 11 is 0. The second-order valence-corrected chi connectivity index (χ2v) is 6.65. The van der Waals surface area contributed by atoms with E-state index in [1.165, 1.54) is 0 Å². The van der Waals surface area contributed by atoms with Gasteiger partial charge in [-0.3, -0.25) is 14.6 Å². The van der Waals surface area contributed by atoms with Gasteiger partial charge in [-0.1, -0.05) is 0 Å². The Hall–Kier alpha value is -3.42. The Morgan fingerprint density at radius 2 is 2.04 bits per heavy atom. The number of carbonyl (C=O) groups excluding carboxylic acids is 2. The Kier molecular flexibility index (Phi) is 4.23. The first-order valence-corrected chi connectivity index (χ1v) is 8.69. The van der Waals surface area contributed by atoms with Crippen molar-refractivity contribution in [1.82, 2.24) is 29.1 Å². The van der Waals surface area contributed by atoms with Gasteiger partial charge < -0.3 is 14.4 Å². The van der Waals surface area contributed by atoms with Gasteiger partial charge in [0, 0.05) is 51.3 Å². The SMILES string of the molecule is CN1CCN(C(=O)c2cc(-c3ccn(C)c3)n(-c3cccnc3)n2)CC1=O. The lowest BCUT2D eigenvalue weighted by atomic mass is 10.2. The number of aromatic nitrogens is 4. The summed E-state index contributed by atoms with van der Waals surface area (Å²) in [5.74, 6) is -0.305. The third kappa shape index (κ3) is 3.21. The van der Waals surface area contributed by atoms with Crippen LogP contribution in [-0.4, -0.2) is 67.6 Å². The van der Waals surface area contributed by atoms with Crippen LogP contribution in [-0.2, 0) is 11.8 Å². The number of nitrogens with zero attached hydrogens (tertiary/aromatic N) is 6. The summed E-state index contributed by atoms with van der Waals surface area (Å²) in [6.45, 7) is 1.11. The minimum absolute atomic E-state index is 0.0652. The minimum Gasteiger partial charge on any atom is -0.357 e. The molecule has 3 aromatic rings. The maximum Gasteiger partial charge on any atom is 0.274 e. The standard InChI is InChI=1S/C19H20N6O2/c1-22-7-5-14(12-22)17-10-16(21-25(17)15-4-3-6-20-11-15)19(27)24-9-8-23(2)18(26)13-24/h3-7,10-12H,8-9,13H2,1-2H3. The Balaban J connectivity index is 1.73. The zero-order chi connectivity index (χ0) is 19.0. The molecule has 0 aliphatic carbocycles. The molecule has 0 bridgehead atoms. The van der Waals surface area contributed by atoms with E-state index in [0.29, 0.717) is 18.8 Å². The lowest BCUT2D eigenvalue weighted by molar-refractivity contribution is -0.133. The van der Waals surface area contributed by atoms with Gasteiger partial charge in [-0.2, -0.15) is 5.10 Å². The number of hydrogen-bond acceptors (Lipinski definition) is 4. The normalized spacial score (nSPS) is 14.7. The molecule has 8 heteroatoms. The Bertz CT molecular complexity index is 991. The van der Waals surface area contributed by atoms with Crippen molar-refractivity contribution in [3.63, 3.8) is 0 Å². The first-order valence-electron chi connectivity index (χ1n) is 8.69. The monoisotopic (exact) mass is 364 g/mol. The van der Waals surface area contributed by atoms with Crippen LogP contribution in [0, 0.1) is 0 Å². The molecule has 138 valence electrons. The van der Waals surface area contributed by atoms with Crippen LogP contribution < -0.4 is 0 Å². The van der Waals surface area contributed by atoms with E-state index in [9.17, 15) is 9.59 Å². The molecule has 0 aromatic carbocycles. The molecule has 2 amide bonds. The first kappa shape index (κ1) is 17.0. The number of aryl methyl sites for hydroxylation is 1. The predicted octanol–water partition coefficient (Wildman–Crippen LogP) is 1.19. The van der Waals surface area contributed by atoms with E-state index in [0.717, 1.165) is 16.9 Å². The highest BCUT2D eigenvalue weighted by atomic mass is 16.2. The maximum atomic E-state index is 12.9. The number of carbonyl (C=O) groups is 2. The van der Waals surface area contributed by atoms with Crippen molar-refractivity contribution >= 4 is 11.8 Å². The molecule has 1 fully saturated rings. The van der Waals surface area contributed by atoms with Crippen LogP contribution >= 0.6 is 0 Å². The Labute approximate surface area is 156 Å². The smallest absolute Gasteiger partial charge is 0.274 e. The van der Waals surface area contributed by atoms with Crippen LogP contribution in [0.1, 0.15) is 10.5 Å². The summed E-state index contributed by atoms with van der Waals surface area (Å²) in [6.07, 6.45) is 7.30. The molecule has 0 spiro atoms. The third-order valence-corrected chi connectivity index (χ3v) is 4.69. The van der Waals surface area contributed by atoms with Crippen molar-refractivity contribution in [2.45, 2.75) is 0 Å². The van der Waals surface area contributed by atoms with Gasteiger partial charge in [0.1, 0.15) is 6.54 Å². The molecule has 4 heterocycles. The lowest BCUT2D eigenvalue weighted by Gasteiger charge is -2.31. The fraction of sp³-hybridized carbons (Fsp3) is 0.263. The van der Waals surface area contributed by atoms with Crippen LogP contribution in [0.5, 0.6) is 0 Å². The predicted molar refractivity (Wildman–Crippen MR) is 99.3 cm³/mol. The van der Waals surface area contributed by atoms with Gasteiger partial charge in [0.05, 0.1) is 17.6 Å².